The number of hydrogen-bond acceptors (Lipinski definition) is 6. The van der Waals surface area contributed by atoms with E-state index >= 15 is 0 Å². The van der Waals surface area contributed by atoms with Crippen molar-refractivity contribution >= 4 is 39.8 Å². The summed E-state index contributed by atoms with van der Waals surface area (Å²) in [4.78, 5) is 12.5. The summed E-state index contributed by atoms with van der Waals surface area (Å²) in [6.45, 7) is 8.59. The molecule has 0 unspecified atom stereocenters. The van der Waals surface area contributed by atoms with Crippen LogP contribution in [-0.2, 0) is 10.2 Å². The highest BCUT2D eigenvalue weighted by Crippen LogP contribution is 2.30. The fourth-order valence-corrected chi connectivity index (χ4v) is 4.68. The van der Waals surface area contributed by atoms with Crippen LogP contribution in [0, 0.1) is 6.92 Å². The quantitative estimate of drug-likeness (QED) is 0.154. The maximum atomic E-state index is 12.5. The number of thioether (sulfide) groups is 1. The van der Waals surface area contributed by atoms with Gasteiger partial charge < -0.3 is 5.11 Å². The van der Waals surface area contributed by atoms with Crippen molar-refractivity contribution in [3.8, 4) is 22.8 Å². The number of hydrazone groups is 1. The monoisotopic (exact) mass is 577 g/mol. The summed E-state index contributed by atoms with van der Waals surface area (Å²) in [5, 5.41) is 23.4. The molecule has 0 aliphatic carbocycles. The number of carbonyl (C=O) groups is 1. The van der Waals surface area contributed by atoms with Crippen LogP contribution in [0.1, 0.15) is 37.5 Å². The van der Waals surface area contributed by atoms with Gasteiger partial charge in [-0.2, -0.15) is 5.10 Å². The average molecular weight is 579 g/mol. The minimum atomic E-state index is -0.301. The lowest BCUT2D eigenvalue weighted by Crippen LogP contribution is -2.20. The van der Waals surface area contributed by atoms with Crippen LogP contribution >= 0.6 is 27.7 Å². The van der Waals surface area contributed by atoms with Gasteiger partial charge in [-0.05, 0) is 48.2 Å². The van der Waals surface area contributed by atoms with Crippen LogP contribution in [0.15, 0.2) is 81.5 Å². The molecule has 0 bridgehead atoms. The summed E-state index contributed by atoms with van der Waals surface area (Å²) >= 11 is 4.63. The zero-order valence-electron chi connectivity index (χ0n) is 21.1. The molecule has 0 fully saturated rings. The van der Waals surface area contributed by atoms with Gasteiger partial charge >= 0.3 is 0 Å². The SMILES string of the molecule is Cc1ccc(-n2c(SCC(=O)NN=Cc3cc(Br)ccc3O)nnc2-c2ccc(C(C)(C)C)cc2)cc1. The fourth-order valence-electron chi connectivity index (χ4n) is 3.56. The molecule has 0 radical (unpaired) electrons. The number of phenolic OH excluding ortho intramolecular Hbond substituents is 1. The third-order valence-electron chi connectivity index (χ3n) is 5.65. The van der Waals surface area contributed by atoms with E-state index in [1.54, 1.807) is 18.2 Å². The van der Waals surface area contributed by atoms with E-state index in [4.69, 9.17) is 0 Å². The highest BCUT2D eigenvalue weighted by molar-refractivity contribution is 9.10. The second-order valence-corrected chi connectivity index (χ2v) is 11.4. The molecular weight excluding hydrogens is 550 g/mol. The number of nitrogens with one attached hydrogen (secondary N) is 1. The Labute approximate surface area is 229 Å². The second-order valence-electron chi connectivity index (χ2n) is 9.59. The molecule has 3 aromatic carbocycles. The Balaban J connectivity index is 1.54. The number of aryl methyl sites for hydroxylation is 1. The Hall–Kier alpha value is -3.43. The first-order chi connectivity index (χ1) is 17.6. The summed E-state index contributed by atoms with van der Waals surface area (Å²) in [7, 11) is 0. The Kier molecular flexibility index (Phi) is 8.14. The van der Waals surface area contributed by atoms with E-state index < -0.39 is 0 Å². The number of nitrogens with zero attached hydrogens (tertiary/aromatic N) is 4. The molecule has 7 nitrogen and oxygen atoms in total. The Morgan fingerprint density at radius 1 is 1.08 bits per heavy atom. The van der Waals surface area contributed by atoms with E-state index in [-0.39, 0.29) is 22.8 Å². The largest absolute Gasteiger partial charge is 0.507 e. The molecule has 9 heteroatoms. The zero-order valence-corrected chi connectivity index (χ0v) is 23.5. The van der Waals surface area contributed by atoms with Gasteiger partial charge in [-0.3, -0.25) is 9.36 Å². The molecule has 37 heavy (non-hydrogen) atoms. The normalized spacial score (nSPS) is 11.7. The predicted molar refractivity (Wildman–Crippen MR) is 152 cm³/mol. The molecule has 0 spiro atoms. The van der Waals surface area contributed by atoms with Crippen molar-refractivity contribution < 1.29 is 9.90 Å². The molecule has 0 saturated carbocycles. The van der Waals surface area contributed by atoms with Gasteiger partial charge in [-0.15, -0.1) is 10.2 Å². The lowest BCUT2D eigenvalue weighted by Gasteiger charge is -2.19. The van der Waals surface area contributed by atoms with Crippen LogP contribution in [0.2, 0.25) is 0 Å². The number of aromatic hydroxyl groups is 1. The predicted octanol–water partition coefficient (Wildman–Crippen LogP) is 6.25. The first kappa shape index (κ1) is 26.6. The van der Waals surface area contributed by atoms with E-state index in [1.807, 2.05) is 35.8 Å². The van der Waals surface area contributed by atoms with Crippen molar-refractivity contribution in [2.45, 2.75) is 38.3 Å². The number of hydrogen-bond donors (Lipinski definition) is 2. The first-order valence-electron chi connectivity index (χ1n) is 11.7. The molecule has 0 saturated heterocycles. The topological polar surface area (TPSA) is 92.4 Å². The summed E-state index contributed by atoms with van der Waals surface area (Å²) in [5.41, 5.74) is 7.28. The summed E-state index contributed by atoms with van der Waals surface area (Å²) in [5.74, 6) is 0.569. The van der Waals surface area contributed by atoms with Gasteiger partial charge in [0.05, 0.1) is 12.0 Å². The number of benzene rings is 3. The van der Waals surface area contributed by atoms with Crippen molar-refractivity contribution in [2.24, 2.45) is 5.10 Å². The Morgan fingerprint density at radius 3 is 2.46 bits per heavy atom. The van der Waals surface area contributed by atoms with Gasteiger partial charge in [-0.25, -0.2) is 5.43 Å². The van der Waals surface area contributed by atoms with E-state index in [0.29, 0.717) is 16.5 Å². The maximum absolute atomic E-state index is 12.5. The van der Waals surface area contributed by atoms with E-state index in [2.05, 4.69) is 81.7 Å². The zero-order chi connectivity index (χ0) is 26.6. The van der Waals surface area contributed by atoms with Crippen LogP contribution < -0.4 is 5.43 Å². The molecule has 2 N–H and O–H groups in total. The van der Waals surface area contributed by atoms with Gasteiger partial charge in [0.25, 0.3) is 5.91 Å². The Bertz CT molecular complexity index is 1420. The van der Waals surface area contributed by atoms with Crippen LogP contribution in [0.25, 0.3) is 17.1 Å². The lowest BCUT2D eigenvalue weighted by atomic mass is 9.87. The average Bonchev–Trinajstić information content (AvgIpc) is 3.29. The molecule has 1 aromatic heterocycles. The number of carbonyl (C=O) groups excluding carboxylic acids is 1. The van der Waals surface area contributed by atoms with E-state index in [1.165, 1.54) is 23.5 Å². The molecule has 0 atom stereocenters. The minimum absolute atomic E-state index is 0.0514. The molecule has 4 rings (SSSR count). The van der Waals surface area contributed by atoms with Gasteiger partial charge in [0.1, 0.15) is 5.75 Å². The summed E-state index contributed by atoms with van der Waals surface area (Å²) < 4.78 is 2.76. The van der Waals surface area contributed by atoms with Gasteiger partial charge in [0, 0.05) is 21.3 Å². The molecule has 1 amide bonds. The third kappa shape index (κ3) is 6.67. The lowest BCUT2D eigenvalue weighted by molar-refractivity contribution is -0.118. The smallest absolute Gasteiger partial charge is 0.250 e. The van der Waals surface area contributed by atoms with Crippen molar-refractivity contribution in [1.29, 1.82) is 0 Å². The standard InChI is InChI=1S/C28H28BrN5O2S/c1-18-5-12-23(13-6-18)34-26(19-7-9-21(10-8-19)28(2,3)4)32-33-27(34)37-17-25(36)31-30-16-20-15-22(29)11-14-24(20)35/h5-16,35H,17H2,1-4H3,(H,31,36). The van der Waals surface area contributed by atoms with Crippen LogP contribution in [0.3, 0.4) is 0 Å². The van der Waals surface area contributed by atoms with Gasteiger partial charge in [-0.1, -0.05) is 90.4 Å². The first-order valence-corrected chi connectivity index (χ1v) is 13.5. The minimum Gasteiger partial charge on any atom is -0.507 e. The number of aromatic nitrogens is 3. The maximum Gasteiger partial charge on any atom is 0.250 e. The second kappa shape index (κ2) is 11.3. The van der Waals surface area contributed by atoms with Crippen LogP contribution in [0.5, 0.6) is 5.75 Å². The highest BCUT2D eigenvalue weighted by atomic mass is 79.9. The summed E-state index contributed by atoms with van der Waals surface area (Å²) in [6.07, 6.45) is 1.40. The number of amides is 1. The number of halogens is 1. The molecule has 0 aliphatic heterocycles. The van der Waals surface area contributed by atoms with Gasteiger partial charge in [0.15, 0.2) is 11.0 Å². The van der Waals surface area contributed by atoms with Gasteiger partial charge in [0.2, 0.25) is 0 Å². The van der Waals surface area contributed by atoms with E-state index in [0.717, 1.165) is 21.3 Å². The fraction of sp³-hybridized carbons (Fsp3) is 0.214. The highest BCUT2D eigenvalue weighted by Gasteiger charge is 2.19. The molecule has 1 heterocycles. The number of rotatable bonds is 7. The molecular formula is C28H28BrN5O2S. The molecule has 0 aliphatic rings. The third-order valence-corrected chi connectivity index (χ3v) is 7.07. The molecule has 190 valence electrons. The summed E-state index contributed by atoms with van der Waals surface area (Å²) in [6, 6.07) is 21.4. The Morgan fingerprint density at radius 2 is 1.78 bits per heavy atom. The molecule has 4 aromatic rings. The van der Waals surface area contributed by atoms with Crippen molar-refractivity contribution in [2.75, 3.05) is 5.75 Å². The number of phenols is 1. The van der Waals surface area contributed by atoms with Crippen molar-refractivity contribution in [3.63, 3.8) is 0 Å². The van der Waals surface area contributed by atoms with Crippen LogP contribution in [-0.4, -0.2) is 37.7 Å². The van der Waals surface area contributed by atoms with Crippen molar-refractivity contribution in [3.05, 3.63) is 87.9 Å². The van der Waals surface area contributed by atoms with Crippen molar-refractivity contribution in [1.82, 2.24) is 20.2 Å². The van der Waals surface area contributed by atoms with E-state index in [9.17, 15) is 9.90 Å². The van der Waals surface area contributed by atoms with Crippen LogP contribution in [0.4, 0.5) is 0 Å².